The van der Waals surface area contributed by atoms with Crippen molar-refractivity contribution in [3.63, 3.8) is 0 Å². The lowest BCUT2D eigenvalue weighted by Crippen LogP contribution is -1.84. The van der Waals surface area contributed by atoms with E-state index in [1.165, 1.54) is 103 Å². The van der Waals surface area contributed by atoms with Crippen LogP contribution in [0.3, 0.4) is 0 Å². The van der Waals surface area contributed by atoms with Crippen LogP contribution in [0.25, 0.3) is 0 Å². The monoisotopic (exact) mass is 419 g/mol. The molecule has 1 heteroatoms. The van der Waals surface area contributed by atoms with Gasteiger partial charge in [0.2, 0.25) is 0 Å². The van der Waals surface area contributed by atoms with Crippen molar-refractivity contribution in [3.05, 3.63) is 0 Å². The van der Waals surface area contributed by atoms with Crippen molar-refractivity contribution >= 4 is 0 Å². The summed E-state index contributed by atoms with van der Waals surface area (Å²) in [5.74, 6) is 0. The van der Waals surface area contributed by atoms with Crippen molar-refractivity contribution in [2.75, 3.05) is 13.2 Å². The van der Waals surface area contributed by atoms with E-state index < -0.39 is 0 Å². The Balaban J connectivity index is -0.0000000829. The topological polar surface area (TPSA) is 9.23 Å². The Labute approximate surface area is 190 Å². The van der Waals surface area contributed by atoms with Crippen LogP contribution in [0.15, 0.2) is 0 Å². The molecule has 0 radical (unpaired) electrons. The minimum Gasteiger partial charge on any atom is -0.382 e. The predicted molar refractivity (Wildman–Crippen MR) is 141 cm³/mol. The molecule has 0 atom stereocenters. The quantitative estimate of drug-likeness (QED) is 0.255. The van der Waals surface area contributed by atoms with E-state index in [0.29, 0.717) is 0 Å². The normalized spacial score (nSPS) is 8.90. The van der Waals surface area contributed by atoms with E-state index in [1.807, 2.05) is 13.8 Å². The van der Waals surface area contributed by atoms with Crippen LogP contribution in [0.2, 0.25) is 0 Å². The highest BCUT2D eigenvalue weighted by molar-refractivity contribution is 4.32. The van der Waals surface area contributed by atoms with E-state index in [-0.39, 0.29) is 0 Å². The highest BCUT2D eigenvalue weighted by Crippen LogP contribution is 1.97. The standard InChI is InChI=1S/4C6H14.C4H10O/c4*1-3-5-6-4-2;1-3-5-4-2/h4*3-6H2,1-2H3;3-4H2,1-2H3. The largest absolute Gasteiger partial charge is 0.382 e. The lowest BCUT2D eigenvalue weighted by molar-refractivity contribution is 0.162. The van der Waals surface area contributed by atoms with Crippen LogP contribution >= 0.6 is 0 Å². The molecule has 0 aliphatic carbocycles. The zero-order valence-electron chi connectivity index (χ0n) is 23.1. The number of unbranched alkanes of at least 4 members (excludes halogenated alkanes) is 12. The van der Waals surface area contributed by atoms with Crippen LogP contribution in [0.1, 0.15) is 172 Å². The molecule has 0 aromatic heterocycles. The Bertz CT molecular complexity index is 118. The average Bonchev–Trinajstić information content (AvgIpc) is 2.75. The molecule has 0 fully saturated rings. The molecular weight excluding hydrogens is 352 g/mol. The van der Waals surface area contributed by atoms with E-state index in [9.17, 15) is 0 Å². The van der Waals surface area contributed by atoms with Gasteiger partial charge in [0.15, 0.2) is 0 Å². The van der Waals surface area contributed by atoms with Gasteiger partial charge in [-0.15, -0.1) is 0 Å². The first-order valence-corrected chi connectivity index (χ1v) is 13.6. The van der Waals surface area contributed by atoms with E-state index in [4.69, 9.17) is 4.74 Å². The van der Waals surface area contributed by atoms with Crippen molar-refractivity contribution in [2.24, 2.45) is 0 Å². The number of hydrogen-bond donors (Lipinski definition) is 0. The minimum absolute atomic E-state index is 0.844. The molecule has 0 N–H and O–H groups in total. The second-order valence-electron chi connectivity index (χ2n) is 7.61. The molecule has 184 valence electrons. The highest BCUT2D eigenvalue weighted by atomic mass is 16.5. The van der Waals surface area contributed by atoms with Crippen molar-refractivity contribution in [2.45, 2.75) is 172 Å². The molecule has 0 aromatic carbocycles. The van der Waals surface area contributed by atoms with Gasteiger partial charge in [0.1, 0.15) is 0 Å². The molecule has 0 aliphatic heterocycles. The van der Waals surface area contributed by atoms with E-state index in [1.54, 1.807) is 0 Å². The summed E-state index contributed by atoms with van der Waals surface area (Å²) >= 11 is 0. The van der Waals surface area contributed by atoms with Crippen LogP contribution in [-0.4, -0.2) is 13.2 Å². The summed E-state index contributed by atoms with van der Waals surface area (Å²) in [4.78, 5) is 0. The number of ether oxygens (including phenoxy) is 1. The summed E-state index contributed by atoms with van der Waals surface area (Å²) in [5.41, 5.74) is 0. The summed E-state index contributed by atoms with van der Waals surface area (Å²) in [6.45, 7) is 23.5. The zero-order valence-corrected chi connectivity index (χ0v) is 23.1. The first-order chi connectivity index (χ1) is 14.1. The van der Waals surface area contributed by atoms with Gasteiger partial charge in [-0.25, -0.2) is 0 Å². The molecule has 0 aromatic rings. The van der Waals surface area contributed by atoms with Crippen LogP contribution in [0, 0.1) is 0 Å². The molecule has 0 saturated carbocycles. The van der Waals surface area contributed by atoms with Gasteiger partial charge < -0.3 is 4.74 Å². The fourth-order valence-corrected chi connectivity index (χ4v) is 2.20. The highest BCUT2D eigenvalue weighted by Gasteiger charge is 1.77. The van der Waals surface area contributed by atoms with E-state index >= 15 is 0 Å². The molecule has 0 aliphatic rings. The SMILES string of the molecule is CCCCCC.CCCCCC.CCCCCC.CCCCCC.CCOCC. The zero-order chi connectivity index (χ0) is 23.4. The third-order valence-corrected chi connectivity index (χ3v) is 4.24. The van der Waals surface area contributed by atoms with Crippen molar-refractivity contribution in [1.82, 2.24) is 0 Å². The van der Waals surface area contributed by atoms with Gasteiger partial charge in [-0.2, -0.15) is 0 Å². The molecule has 0 unspecified atom stereocenters. The molecule has 29 heavy (non-hydrogen) atoms. The van der Waals surface area contributed by atoms with Crippen LogP contribution in [-0.2, 0) is 4.74 Å². The van der Waals surface area contributed by atoms with E-state index in [0.717, 1.165) is 13.2 Å². The van der Waals surface area contributed by atoms with Crippen molar-refractivity contribution in [3.8, 4) is 0 Å². The van der Waals surface area contributed by atoms with Gasteiger partial charge in [-0.1, -0.05) is 158 Å². The van der Waals surface area contributed by atoms with Gasteiger partial charge in [0, 0.05) is 13.2 Å². The van der Waals surface area contributed by atoms with E-state index in [2.05, 4.69) is 55.4 Å². The first-order valence-electron chi connectivity index (χ1n) is 13.6. The first kappa shape index (κ1) is 39.4. The maximum absolute atomic E-state index is 4.83. The van der Waals surface area contributed by atoms with Crippen LogP contribution in [0.4, 0.5) is 0 Å². The predicted octanol–water partition coefficient (Wildman–Crippen LogP) is 11.4. The molecule has 0 rings (SSSR count). The summed E-state index contributed by atoms with van der Waals surface area (Å²) in [7, 11) is 0. The summed E-state index contributed by atoms with van der Waals surface area (Å²) < 4.78 is 4.83. The Kier molecular flexibility index (Phi) is 76.9. The Morgan fingerprint density at radius 2 is 0.414 bits per heavy atom. The lowest BCUT2D eigenvalue weighted by Gasteiger charge is -1.86. The fourth-order valence-electron chi connectivity index (χ4n) is 2.20. The fraction of sp³-hybridized carbons (Fsp3) is 1.00. The second kappa shape index (κ2) is 56.5. The third kappa shape index (κ3) is 96.7. The smallest absolute Gasteiger partial charge is 0.0437 e. The summed E-state index contributed by atoms with van der Waals surface area (Å²) in [5, 5.41) is 0. The summed E-state index contributed by atoms with van der Waals surface area (Å²) in [6.07, 6.45) is 22.1. The maximum Gasteiger partial charge on any atom is 0.0437 e. The van der Waals surface area contributed by atoms with Gasteiger partial charge in [0.25, 0.3) is 0 Å². The molecule has 1 nitrogen and oxygen atoms in total. The Hall–Kier alpha value is -0.0400. The van der Waals surface area contributed by atoms with Crippen LogP contribution < -0.4 is 0 Å². The maximum atomic E-state index is 4.83. The Morgan fingerprint density at radius 3 is 0.448 bits per heavy atom. The summed E-state index contributed by atoms with van der Waals surface area (Å²) in [6, 6.07) is 0. The average molecular weight is 419 g/mol. The number of hydrogen-bond acceptors (Lipinski definition) is 1. The van der Waals surface area contributed by atoms with Crippen molar-refractivity contribution < 1.29 is 4.74 Å². The third-order valence-electron chi connectivity index (χ3n) is 4.24. The lowest BCUT2D eigenvalue weighted by atomic mass is 10.2. The molecule has 0 spiro atoms. The molecule has 0 heterocycles. The molecule has 0 saturated heterocycles. The van der Waals surface area contributed by atoms with Crippen LogP contribution in [0.5, 0.6) is 0 Å². The van der Waals surface area contributed by atoms with Gasteiger partial charge in [0.05, 0.1) is 0 Å². The van der Waals surface area contributed by atoms with Gasteiger partial charge in [-0.05, 0) is 13.8 Å². The second-order valence-corrected chi connectivity index (χ2v) is 7.61. The minimum atomic E-state index is 0.844. The van der Waals surface area contributed by atoms with Crippen molar-refractivity contribution in [1.29, 1.82) is 0 Å². The Morgan fingerprint density at radius 1 is 0.276 bits per heavy atom. The number of rotatable bonds is 14. The molecular formula is C28H66O. The molecule has 0 amide bonds. The van der Waals surface area contributed by atoms with Gasteiger partial charge in [-0.3, -0.25) is 0 Å². The van der Waals surface area contributed by atoms with Gasteiger partial charge >= 0.3 is 0 Å². The molecule has 0 bridgehead atoms.